The van der Waals surface area contributed by atoms with Crippen molar-refractivity contribution in [1.82, 2.24) is 5.32 Å². The first kappa shape index (κ1) is 19.0. The topological polar surface area (TPSA) is 80.6 Å². The lowest BCUT2D eigenvalue weighted by atomic mass is 10.1. The second kappa shape index (κ2) is 8.73. The van der Waals surface area contributed by atoms with Crippen LogP contribution in [0.3, 0.4) is 0 Å². The molecule has 0 saturated carbocycles. The van der Waals surface area contributed by atoms with Crippen molar-refractivity contribution in [2.24, 2.45) is 0 Å². The van der Waals surface area contributed by atoms with Gasteiger partial charge in [0.05, 0.1) is 13.4 Å². The Morgan fingerprint density at radius 1 is 1.04 bits per heavy atom. The smallest absolute Gasteiger partial charge is 0.291 e. The molecule has 142 valence electrons. The molecule has 0 bridgehead atoms. The van der Waals surface area contributed by atoms with E-state index in [2.05, 4.69) is 10.6 Å². The number of rotatable bonds is 6. The van der Waals surface area contributed by atoms with Gasteiger partial charge in [0.1, 0.15) is 11.4 Å². The lowest BCUT2D eigenvalue weighted by Gasteiger charge is -2.11. The van der Waals surface area contributed by atoms with Gasteiger partial charge in [0.2, 0.25) is 0 Å². The Morgan fingerprint density at radius 3 is 2.46 bits per heavy atom. The summed E-state index contributed by atoms with van der Waals surface area (Å²) in [6, 6.07) is 17.7. The highest BCUT2D eigenvalue weighted by Gasteiger charge is 2.16. The van der Waals surface area contributed by atoms with Gasteiger partial charge in [0.15, 0.2) is 5.76 Å². The van der Waals surface area contributed by atoms with Gasteiger partial charge in [0, 0.05) is 5.69 Å². The fourth-order valence-corrected chi connectivity index (χ4v) is 2.54. The Labute approximate surface area is 162 Å². The fraction of sp³-hybridized carbons (Fsp3) is 0.0909. The van der Waals surface area contributed by atoms with Gasteiger partial charge in [-0.25, -0.2) is 0 Å². The number of methoxy groups -OCH3 is 1. The number of hydrogen-bond acceptors (Lipinski definition) is 4. The molecule has 0 atom stereocenters. The number of benzene rings is 2. The number of hydrogen-bond donors (Lipinski definition) is 2. The summed E-state index contributed by atoms with van der Waals surface area (Å²) >= 11 is 0. The van der Waals surface area contributed by atoms with Crippen LogP contribution in [0.15, 0.2) is 77.0 Å². The summed E-state index contributed by atoms with van der Waals surface area (Å²) in [5, 5.41) is 5.42. The van der Waals surface area contributed by atoms with Gasteiger partial charge in [-0.05, 0) is 60.5 Å². The molecule has 2 N–H and O–H groups in total. The minimum atomic E-state index is -0.510. The van der Waals surface area contributed by atoms with Crippen molar-refractivity contribution in [3.63, 3.8) is 0 Å². The first-order chi connectivity index (χ1) is 13.5. The van der Waals surface area contributed by atoms with Crippen LogP contribution in [0.2, 0.25) is 0 Å². The summed E-state index contributed by atoms with van der Waals surface area (Å²) in [4.78, 5) is 25.2. The number of carbonyl (C=O) groups is 2. The molecule has 0 aliphatic heterocycles. The fourth-order valence-electron chi connectivity index (χ4n) is 2.54. The summed E-state index contributed by atoms with van der Waals surface area (Å²) in [6.07, 6.45) is 2.99. The minimum Gasteiger partial charge on any atom is -0.497 e. The van der Waals surface area contributed by atoms with E-state index in [0.717, 1.165) is 11.1 Å². The Morgan fingerprint density at radius 2 is 1.82 bits per heavy atom. The largest absolute Gasteiger partial charge is 0.497 e. The van der Waals surface area contributed by atoms with E-state index in [1.54, 1.807) is 49.6 Å². The van der Waals surface area contributed by atoms with Crippen LogP contribution in [0.25, 0.3) is 6.08 Å². The van der Waals surface area contributed by atoms with Crippen molar-refractivity contribution >= 4 is 23.6 Å². The normalized spacial score (nSPS) is 11.0. The highest BCUT2D eigenvalue weighted by molar-refractivity contribution is 6.10. The maximum atomic E-state index is 12.8. The van der Waals surface area contributed by atoms with E-state index in [1.165, 1.54) is 12.3 Å². The monoisotopic (exact) mass is 376 g/mol. The lowest BCUT2D eigenvalue weighted by Crippen LogP contribution is -2.30. The van der Waals surface area contributed by atoms with E-state index < -0.39 is 11.8 Å². The van der Waals surface area contributed by atoms with E-state index in [0.29, 0.717) is 11.4 Å². The molecular weight excluding hydrogens is 356 g/mol. The molecule has 6 heteroatoms. The van der Waals surface area contributed by atoms with E-state index in [4.69, 9.17) is 9.15 Å². The molecule has 6 nitrogen and oxygen atoms in total. The summed E-state index contributed by atoms with van der Waals surface area (Å²) in [5.74, 6) is -0.142. The molecule has 0 spiro atoms. The van der Waals surface area contributed by atoms with Crippen molar-refractivity contribution in [2.75, 3.05) is 12.4 Å². The second-order valence-corrected chi connectivity index (χ2v) is 6.09. The number of aryl methyl sites for hydroxylation is 1. The highest BCUT2D eigenvalue weighted by atomic mass is 16.5. The van der Waals surface area contributed by atoms with Crippen LogP contribution in [-0.2, 0) is 4.79 Å². The Bertz CT molecular complexity index is 990. The number of carbonyl (C=O) groups excluding carboxylic acids is 2. The molecule has 1 aromatic heterocycles. The Hall–Kier alpha value is -3.80. The van der Waals surface area contributed by atoms with Gasteiger partial charge in [-0.3, -0.25) is 9.59 Å². The van der Waals surface area contributed by atoms with Gasteiger partial charge >= 0.3 is 0 Å². The van der Waals surface area contributed by atoms with Crippen molar-refractivity contribution in [2.45, 2.75) is 6.92 Å². The third-order valence-corrected chi connectivity index (χ3v) is 3.94. The molecular formula is C22H20N2O4. The molecule has 0 fully saturated rings. The van der Waals surface area contributed by atoms with E-state index in [9.17, 15) is 9.59 Å². The van der Waals surface area contributed by atoms with Crippen LogP contribution in [0, 0.1) is 6.92 Å². The number of furan rings is 1. The van der Waals surface area contributed by atoms with Crippen LogP contribution in [0.4, 0.5) is 5.69 Å². The average molecular weight is 376 g/mol. The Kier molecular flexibility index (Phi) is 5.91. The number of anilines is 1. The van der Waals surface area contributed by atoms with Crippen LogP contribution in [-0.4, -0.2) is 18.9 Å². The van der Waals surface area contributed by atoms with Crippen molar-refractivity contribution in [1.29, 1.82) is 0 Å². The molecule has 0 aliphatic rings. The molecule has 0 unspecified atom stereocenters. The van der Waals surface area contributed by atoms with Crippen LogP contribution >= 0.6 is 0 Å². The molecule has 3 rings (SSSR count). The molecule has 2 amide bonds. The minimum absolute atomic E-state index is 0.0908. The molecule has 3 aromatic rings. The van der Waals surface area contributed by atoms with Crippen LogP contribution < -0.4 is 15.4 Å². The number of amides is 2. The molecule has 0 saturated heterocycles. The average Bonchev–Trinajstić information content (AvgIpc) is 3.23. The SMILES string of the molecule is COc1ccc(C=C(NC(=O)c2ccco2)C(=O)Nc2cccc(C)c2)cc1. The predicted octanol–water partition coefficient (Wildman–Crippen LogP) is 4.01. The lowest BCUT2D eigenvalue weighted by molar-refractivity contribution is -0.113. The summed E-state index contributed by atoms with van der Waals surface area (Å²) in [5.41, 5.74) is 2.47. The molecule has 1 heterocycles. The number of nitrogens with one attached hydrogen (secondary N) is 2. The summed E-state index contributed by atoms with van der Waals surface area (Å²) < 4.78 is 10.2. The Balaban J connectivity index is 1.87. The van der Waals surface area contributed by atoms with Gasteiger partial charge in [-0.1, -0.05) is 24.3 Å². The van der Waals surface area contributed by atoms with Crippen molar-refractivity contribution in [3.8, 4) is 5.75 Å². The predicted molar refractivity (Wildman–Crippen MR) is 107 cm³/mol. The standard InChI is InChI=1S/C22H20N2O4/c1-15-5-3-6-17(13-15)23-21(25)19(24-22(26)20-7-4-12-28-20)14-16-8-10-18(27-2)11-9-16/h3-14H,1-2H3,(H,23,25)(H,24,26). The van der Waals surface area contributed by atoms with Gasteiger partial charge < -0.3 is 19.8 Å². The molecule has 28 heavy (non-hydrogen) atoms. The molecule has 0 aliphatic carbocycles. The maximum Gasteiger partial charge on any atom is 0.291 e. The van der Waals surface area contributed by atoms with E-state index in [-0.39, 0.29) is 11.5 Å². The van der Waals surface area contributed by atoms with Crippen LogP contribution in [0.5, 0.6) is 5.75 Å². The summed E-state index contributed by atoms with van der Waals surface area (Å²) in [6.45, 7) is 1.93. The quantitative estimate of drug-likeness (QED) is 0.637. The van der Waals surface area contributed by atoms with Crippen LogP contribution in [0.1, 0.15) is 21.7 Å². The zero-order chi connectivity index (χ0) is 19.9. The first-order valence-corrected chi connectivity index (χ1v) is 8.64. The third-order valence-electron chi connectivity index (χ3n) is 3.94. The van der Waals surface area contributed by atoms with E-state index >= 15 is 0 Å². The van der Waals surface area contributed by atoms with Crippen molar-refractivity contribution < 1.29 is 18.7 Å². The zero-order valence-corrected chi connectivity index (χ0v) is 15.6. The highest BCUT2D eigenvalue weighted by Crippen LogP contribution is 2.16. The van der Waals surface area contributed by atoms with Gasteiger partial charge in [-0.2, -0.15) is 0 Å². The second-order valence-electron chi connectivity index (χ2n) is 6.09. The summed E-state index contributed by atoms with van der Waals surface area (Å²) in [7, 11) is 1.58. The van der Waals surface area contributed by atoms with Gasteiger partial charge in [0.25, 0.3) is 11.8 Å². The van der Waals surface area contributed by atoms with Crippen molar-refractivity contribution in [3.05, 3.63) is 89.5 Å². The number of ether oxygens (including phenoxy) is 1. The molecule has 2 aromatic carbocycles. The zero-order valence-electron chi connectivity index (χ0n) is 15.6. The first-order valence-electron chi connectivity index (χ1n) is 8.64. The molecule has 0 radical (unpaired) electrons. The van der Waals surface area contributed by atoms with E-state index in [1.807, 2.05) is 25.1 Å². The third kappa shape index (κ3) is 4.88. The van der Waals surface area contributed by atoms with Gasteiger partial charge in [-0.15, -0.1) is 0 Å². The maximum absolute atomic E-state index is 12.8.